The Morgan fingerprint density at radius 1 is 1.12 bits per heavy atom. The van der Waals surface area contributed by atoms with E-state index in [0.717, 1.165) is 27.9 Å². The largest absolute Gasteiger partial charge is 0.494 e. The zero-order valence-electron chi connectivity index (χ0n) is 14.3. The number of amides is 2. The highest BCUT2D eigenvalue weighted by Crippen LogP contribution is 2.19. The Morgan fingerprint density at radius 3 is 2.48 bits per heavy atom. The first-order chi connectivity index (χ1) is 12.0. The summed E-state index contributed by atoms with van der Waals surface area (Å²) in [6.07, 6.45) is 0.926. The topological polar surface area (TPSA) is 67.4 Å². The van der Waals surface area contributed by atoms with Gasteiger partial charge >= 0.3 is 0 Å². The molecule has 0 radical (unpaired) electrons. The summed E-state index contributed by atoms with van der Waals surface area (Å²) < 4.78 is 6.42. The van der Waals surface area contributed by atoms with E-state index in [2.05, 4.69) is 26.6 Å². The molecule has 5 nitrogen and oxygen atoms in total. The van der Waals surface area contributed by atoms with Crippen LogP contribution < -0.4 is 15.4 Å². The average molecular weight is 405 g/mol. The van der Waals surface area contributed by atoms with Crippen molar-refractivity contribution in [3.05, 3.63) is 58.1 Å². The molecule has 2 rings (SSSR count). The maximum atomic E-state index is 12.1. The predicted octanol–water partition coefficient (Wildman–Crippen LogP) is 3.91. The lowest BCUT2D eigenvalue weighted by molar-refractivity contribution is -0.115. The minimum atomic E-state index is -0.301. The second kappa shape index (κ2) is 9.22. The fraction of sp³-hybridized carbons (Fsp3) is 0.263. The standard InChI is InChI=1S/C19H21BrN2O3/c1-3-10-25-16-7-4-14(5-8-16)19(24)21-12-18(23)22-17-9-6-15(20)11-13(17)2/h4-9,11H,3,10,12H2,1-2H3,(H,21,24)(H,22,23). The summed E-state index contributed by atoms with van der Waals surface area (Å²) in [5.74, 6) is 0.147. The van der Waals surface area contributed by atoms with Crippen molar-refractivity contribution >= 4 is 33.4 Å². The Morgan fingerprint density at radius 2 is 1.84 bits per heavy atom. The van der Waals surface area contributed by atoms with Gasteiger partial charge in [-0.15, -0.1) is 0 Å². The summed E-state index contributed by atoms with van der Waals surface area (Å²) in [5.41, 5.74) is 2.15. The summed E-state index contributed by atoms with van der Waals surface area (Å²) in [7, 11) is 0. The molecule has 0 heterocycles. The molecule has 0 saturated carbocycles. The lowest BCUT2D eigenvalue weighted by Crippen LogP contribution is -2.32. The van der Waals surface area contributed by atoms with Crippen LogP contribution in [0.2, 0.25) is 0 Å². The van der Waals surface area contributed by atoms with Gasteiger partial charge in [-0.2, -0.15) is 0 Å². The number of carbonyl (C=O) groups excluding carboxylic acids is 2. The van der Waals surface area contributed by atoms with Crippen LogP contribution in [0.4, 0.5) is 5.69 Å². The van der Waals surface area contributed by atoms with E-state index in [0.29, 0.717) is 12.2 Å². The second-order valence-electron chi connectivity index (χ2n) is 5.56. The fourth-order valence-electron chi connectivity index (χ4n) is 2.15. The number of hydrogen-bond acceptors (Lipinski definition) is 3. The molecule has 0 bridgehead atoms. The van der Waals surface area contributed by atoms with Crippen molar-refractivity contribution in [2.24, 2.45) is 0 Å². The van der Waals surface area contributed by atoms with E-state index in [9.17, 15) is 9.59 Å². The molecule has 2 aromatic carbocycles. The van der Waals surface area contributed by atoms with Crippen molar-refractivity contribution in [3.63, 3.8) is 0 Å². The number of hydrogen-bond donors (Lipinski definition) is 2. The molecule has 132 valence electrons. The van der Waals surface area contributed by atoms with Gasteiger partial charge in [-0.25, -0.2) is 0 Å². The zero-order valence-corrected chi connectivity index (χ0v) is 15.9. The van der Waals surface area contributed by atoms with Crippen molar-refractivity contribution < 1.29 is 14.3 Å². The normalized spacial score (nSPS) is 10.2. The number of rotatable bonds is 7. The van der Waals surface area contributed by atoms with Gasteiger partial charge in [0, 0.05) is 15.7 Å². The molecular weight excluding hydrogens is 384 g/mol. The molecule has 0 spiro atoms. The smallest absolute Gasteiger partial charge is 0.251 e. The van der Waals surface area contributed by atoms with Gasteiger partial charge in [0.05, 0.1) is 13.2 Å². The van der Waals surface area contributed by atoms with E-state index in [1.807, 2.05) is 32.0 Å². The van der Waals surface area contributed by atoms with Crippen LogP contribution in [0, 0.1) is 6.92 Å². The molecule has 0 aliphatic carbocycles. The summed E-state index contributed by atoms with van der Waals surface area (Å²) in [6.45, 7) is 4.48. The number of ether oxygens (including phenoxy) is 1. The van der Waals surface area contributed by atoms with Crippen molar-refractivity contribution in [1.82, 2.24) is 5.32 Å². The van der Waals surface area contributed by atoms with E-state index >= 15 is 0 Å². The number of anilines is 1. The third-order valence-corrected chi connectivity index (χ3v) is 3.95. The Labute approximate surface area is 155 Å². The Balaban J connectivity index is 1.85. The van der Waals surface area contributed by atoms with Crippen LogP contribution in [0.5, 0.6) is 5.75 Å². The van der Waals surface area contributed by atoms with Crippen LogP contribution in [-0.2, 0) is 4.79 Å². The number of aryl methyl sites for hydroxylation is 1. The van der Waals surface area contributed by atoms with Gasteiger partial charge in [0.25, 0.3) is 5.91 Å². The predicted molar refractivity (Wildman–Crippen MR) is 102 cm³/mol. The van der Waals surface area contributed by atoms with Crippen LogP contribution in [0.1, 0.15) is 29.3 Å². The summed E-state index contributed by atoms with van der Waals surface area (Å²) in [6, 6.07) is 12.4. The maximum absolute atomic E-state index is 12.1. The SMILES string of the molecule is CCCOc1ccc(C(=O)NCC(=O)Nc2ccc(Br)cc2C)cc1. The van der Waals surface area contributed by atoms with Gasteiger partial charge < -0.3 is 15.4 Å². The molecule has 0 atom stereocenters. The molecule has 2 amide bonds. The lowest BCUT2D eigenvalue weighted by atomic mass is 10.2. The molecule has 2 aromatic rings. The fourth-order valence-corrected chi connectivity index (χ4v) is 2.62. The van der Waals surface area contributed by atoms with Gasteiger partial charge in [-0.1, -0.05) is 22.9 Å². The van der Waals surface area contributed by atoms with Gasteiger partial charge in [-0.05, 0) is 61.4 Å². The Kier molecular flexibility index (Phi) is 7.01. The highest BCUT2D eigenvalue weighted by molar-refractivity contribution is 9.10. The van der Waals surface area contributed by atoms with Gasteiger partial charge in [0.15, 0.2) is 0 Å². The molecule has 0 aliphatic rings. The maximum Gasteiger partial charge on any atom is 0.251 e. The molecule has 2 N–H and O–H groups in total. The molecular formula is C19H21BrN2O3. The first-order valence-corrected chi connectivity index (χ1v) is 8.86. The molecule has 0 fully saturated rings. The molecule has 0 aromatic heterocycles. The third-order valence-electron chi connectivity index (χ3n) is 3.46. The molecule has 25 heavy (non-hydrogen) atoms. The van der Waals surface area contributed by atoms with Gasteiger partial charge in [-0.3, -0.25) is 9.59 Å². The highest BCUT2D eigenvalue weighted by Gasteiger charge is 2.09. The van der Waals surface area contributed by atoms with Crippen LogP contribution >= 0.6 is 15.9 Å². The zero-order chi connectivity index (χ0) is 18.2. The molecule has 0 aliphatic heterocycles. The van der Waals surface area contributed by atoms with Crippen LogP contribution in [0.25, 0.3) is 0 Å². The van der Waals surface area contributed by atoms with Crippen molar-refractivity contribution in [2.45, 2.75) is 20.3 Å². The number of benzene rings is 2. The molecule has 6 heteroatoms. The van der Waals surface area contributed by atoms with Crippen molar-refractivity contribution in [1.29, 1.82) is 0 Å². The second-order valence-corrected chi connectivity index (χ2v) is 6.48. The third kappa shape index (κ3) is 5.90. The summed E-state index contributed by atoms with van der Waals surface area (Å²) in [5, 5.41) is 5.39. The van der Waals surface area contributed by atoms with E-state index in [-0.39, 0.29) is 18.4 Å². The number of halogens is 1. The monoisotopic (exact) mass is 404 g/mol. The van der Waals surface area contributed by atoms with Crippen LogP contribution in [-0.4, -0.2) is 25.0 Å². The van der Waals surface area contributed by atoms with Crippen LogP contribution in [0.3, 0.4) is 0 Å². The quantitative estimate of drug-likeness (QED) is 0.734. The Bertz CT molecular complexity index is 745. The minimum absolute atomic E-state index is 0.0948. The first kappa shape index (κ1) is 19.0. The number of nitrogens with one attached hydrogen (secondary N) is 2. The van der Waals surface area contributed by atoms with E-state index in [4.69, 9.17) is 4.74 Å². The number of carbonyl (C=O) groups is 2. The lowest BCUT2D eigenvalue weighted by Gasteiger charge is -2.10. The van der Waals surface area contributed by atoms with Crippen LogP contribution in [0.15, 0.2) is 46.9 Å². The summed E-state index contributed by atoms with van der Waals surface area (Å²) >= 11 is 3.38. The molecule has 0 saturated heterocycles. The average Bonchev–Trinajstić information content (AvgIpc) is 2.60. The summed E-state index contributed by atoms with van der Waals surface area (Å²) in [4.78, 5) is 24.1. The highest BCUT2D eigenvalue weighted by atomic mass is 79.9. The first-order valence-electron chi connectivity index (χ1n) is 8.06. The van der Waals surface area contributed by atoms with E-state index < -0.39 is 0 Å². The van der Waals surface area contributed by atoms with Gasteiger partial charge in [0.2, 0.25) is 5.91 Å². The molecule has 0 unspecified atom stereocenters. The van der Waals surface area contributed by atoms with Gasteiger partial charge in [0.1, 0.15) is 5.75 Å². The van der Waals surface area contributed by atoms with E-state index in [1.165, 1.54) is 0 Å². The Hall–Kier alpha value is -2.34. The van der Waals surface area contributed by atoms with Crippen molar-refractivity contribution in [2.75, 3.05) is 18.5 Å². The van der Waals surface area contributed by atoms with Crippen molar-refractivity contribution in [3.8, 4) is 5.75 Å². The minimum Gasteiger partial charge on any atom is -0.494 e. The van der Waals surface area contributed by atoms with E-state index in [1.54, 1.807) is 24.3 Å².